The molecule has 2 aromatic rings. The molecule has 0 atom stereocenters. The summed E-state index contributed by atoms with van der Waals surface area (Å²) in [5.74, 6) is 1.23. The van der Waals surface area contributed by atoms with Gasteiger partial charge in [0.05, 0.1) is 12.8 Å². The smallest absolute Gasteiger partial charge is 0.220 e. The zero-order valence-corrected chi connectivity index (χ0v) is 11.4. The summed E-state index contributed by atoms with van der Waals surface area (Å²) < 4.78 is 5.36. The van der Waals surface area contributed by atoms with Crippen LogP contribution in [0.25, 0.3) is 0 Å². The van der Waals surface area contributed by atoms with Crippen LogP contribution in [0.15, 0.2) is 24.7 Å². The summed E-state index contributed by atoms with van der Waals surface area (Å²) >= 11 is 0. The summed E-state index contributed by atoms with van der Waals surface area (Å²) in [4.78, 5) is 14.9. The van der Waals surface area contributed by atoms with Crippen molar-refractivity contribution >= 4 is 5.95 Å². The molecule has 3 rings (SSSR count). The number of hydrogen-bond donors (Lipinski definition) is 1. The van der Waals surface area contributed by atoms with Crippen LogP contribution in [-0.2, 0) is 19.5 Å². The number of nitrogens with zero attached hydrogens (tertiary/aromatic N) is 4. The van der Waals surface area contributed by atoms with E-state index in [1.165, 1.54) is 0 Å². The van der Waals surface area contributed by atoms with Crippen molar-refractivity contribution in [2.24, 2.45) is 0 Å². The first-order valence-corrected chi connectivity index (χ1v) is 6.56. The molecular weight excluding hydrogens is 254 g/mol. The zero-order chi connectivity index (χ0) is 13.9. The first-order valence-electron chi connectivity index (χ1n) is 6.56. The summed E-state index contributed by atoms with van der Waals surface area (Å²) in [7, 11) is 1.68. The average Bonchev–Trinajstić information content (AvgIpc) is 2.48. The highest BCUT2D eigenvalue weighted by Crippen LogP contribution is 2.22. The van der Waals surface area contributed by atoms with Crippen molar-refractivity contribution in [2.45, 2.75) is 19.5 Å². The lowest BCUT2D eigenvalue weighted by Crippen LogP contribution is -2.31. The number of nitrogens with two attached hydrogens (primary N) is 1. The zero-order valence-electron chi connectivity index (χ0n) is 11.4. The number of pyridine rings is 1. The molecule has 1 aliphatic heterocycles. The van der Waals surface area contributed by atoms with Crippen LogP contribution >= 0.6 is 0 Å². The quantitative estimate of drug-likeness (QED) is 0.898. The predicted molar refractivity (Wildman–Crippen MR) is 75.1 cm³/mol. The van der Waals surface area contributed by atoms with E-state index in [-0.39, 0.29) is 0 Å². The molecule has 6 nitrogen and oxygen atoms in total. The molecule has 6 heteroatoms. The van der Waals surface area contributed by atoms with Crippen molar-refractivity contribution in [1.82, 2.24) is 19.9 Å². The molecule has 0 amide bonds. The van der Waals surface area contributed by atoms with E-state index in [1.54, 1.807) is 13.3 Å². The molecule has 0 radical (unpaired) electrons. The van der Waals surface area contributed by atoms with Gasteiger partial charge >= 0.3 is 0 Å². The van der Waals surface area contributed by atoms with Crippen LogP contribution in [0.3, 0.4) is 0 Å². The Hall–Kier alpha value is -2.21. The molecule has 0 unspecified atom stereocenters. The molecule has 20 heavy (non-hydrogen) atoms. The molecule has 0 bridgehead atoms. The highest BCUT2D eigenvalue weighted by atomic mass is 16.5. The van der Waals surface area contributed by atoms with Gasteiger partial charge < -0.3 is 10.5 Å². The third-order valence-corrected chi connectivity index (χ3v) is 3.50. The lowest BCUT2D eigenvalue weighted by Gasteiger charge is -2.28. The second-order valence-corrected chi connectivity index (χ2v) is 4.85. The van der Waals surface area contributed by atoms with Gasteiger partial charge in [0, 0.05) is 55.8 Å². The predicted octanol–water partition coefficient (Wildman–Crippen LogP) is 1.02. The van der Waals surface area contributed by atoms with Crippen LogP contribution in [0.4, 0.5) is 5.95 Å². The van der Waals surface area contributed by atoms with E-state index in [0.717, 1.165) is 48.6 Å². The minimum absolute atomic E-state index is 0.353. The van der Waals surface area contributed by atoms with E-state index in [0.29, 0.717) is 5.95 Å². The summed E-state index contributed by atoms with van der Waals surface area (Å²) in [5, 5.41) is 0. The van der Waals surface area contributed by atoms with Crippen molar-refractivity contribution in [3.63, 3.8) is 0 Å². The highest BCUT2D eigenvalue weighted by molar-refractivity contribution is 5.31. The largest absolute Gasteiger partial charge is 0.496 e. The Balaban J connectivity index is 1.76. The second-order valence-electron chi connectivity index (χ2n) is 4.85. The average molecular weight is 271 g/mol. The second kappa shape index (κ2) is 5.42. The lowest BCUT2D eigenvalue weighted by atomic mass is 10.1. The molecule has 0 aliphatic carbocycles. The van der Waals surface area contributed by atoms with Crippen molar-refractivity contribution in [2.75, 3.05) is 19.4 Å². The molecule has 0 fully saturated rings. The monoisotopic (exact) mass is 271 g/mol. The van der Waals surface area contributed by atoms with Crippen molar-refractivity contribution in [3.05, 3.63) is 41.5 Å². The van der Waals surface area contributed by atoms with E-state index >= 15 is 0 Å². The number of rotatable bonds is 3. The number of nitrogen functional groups attached to an aromatic ring is 1. The molecule has 0 saturated carbocycles. The van der Waals surface area contributed by atoms with Gasteiger partial charge in [0.1, 0.15) is 5.75 Å². The number of fused-ring (bicyclic) bond motifs is 1. The summed E-state index contributed by atoms with van der Waals surface area (Å²) in [6, 6.07) is 1.89. The first-order chi connectivity index (χ1) is 9.76. The molecular formula is C14H17N5O. The normalized spacial score (nSPS) is 14.8. The van der Waals surface area contributed by atoms with Crippen LogP contribution in [0.2, 0.25) is 0 Å². The molecule has 1 aliphatic rings. The summed E-state index contributed by atoms with van der Waals surface area (Å²) in [6.45, 7) is 2.58. The number of aromatic nitrogens is 3. The third-order valence-electron chi connectivity index (χ3n) is 3.50. The molecule has 0 aromatic carbocycles. The van der Waals surface area contributed by atoms with E-state index < -0.39 is 0 Å². The Kier molecular flexibility index (Phi) is 3.47. The van der Waals surface area contributed by atoms with Gasteiger partial charge in [-0.25, -0.2) is 9.97 Å². The standard InChI is InChI=1S/C14H17N5O/c1-20-13-2-4-16-6-11(13)9-19-5-3-12-10(8-19)7-17-14(15)18-12/h2,4,6-7H,3,5,8-9H2,1H3,(H2,15,17,18). The maximum absolute atomic E-state index is 5.62. The van der Waals surface area contributed by atoms with Crippen LogP contribution in [-0.4, -0.2) is 33.5 Å². The number of anilines is 1. The van der Waals surface area contributed by atoms with Gasteiger partial charge in [-0.2, -0.15) is 0 Å². The van der Waals surface area contributed by atoms with E-state index in [9.17, 15) is 0 Å². The van der Waals surface area contributed by atoms with E-state index in [1.807, 2.05) is 18.5 Å². The minimum Gasteiger partial charge on any atom is -0.496 e. The SMILES string of the molecule is COc1ccncc1CN1CCc2nc(N)ncc2C1. The number of methoxy groups -OCH3 is 1. The van der Waals surface area contributed by atoms with E-state index in [4.69, 9.17) is 10.5 Å². The van der Waals surface area contributed by atoms with Crippen molar-refractivity contribution in [1.29, 1.82) is 0 Å². The molecule has 2 N–H and O–H groups in total. The fourth-order valence-corrected chi connectivity index (χ4v) is 2.50. The number of hydrogen-bond acceptors (Lipinski definition) is 6. The van der Waals surface area contributed by atoms with Crippen LogP contribution in [0.1, 0.15) is 16.8 Å². The van der Waals surface area contributed by atoms with Crippen LogP contribution in [0, 0.1) is 0 Å². The lowest BCUT2D eigenvalue weighted by molar-refractivity contribution is 0.239. The molecule has 3 heterocycles. The Labute approximate surface area is 117 Å². The van der Waals surface area contributed by atoms with Crippen molar-refractivity contribution in [3.8, 4) is 5.75 Å². The first kappa shape index (κ1) is 12.8. The topological polar surface area (TPSA) is 77.2 Å². The van der Waals surface area contributed by atoms with Gasteiger partial charge in [-0.1, -0.05) is 0 Å². The maximum Gasteiger partial charge on any atom is 0.220 e. The Morgan fingerprint density at radius 3 is 3.15 bits per heavy atom. The van der Waals surface area contributed by atoms with E-state index in [2.05, 4.69) is 19.9 Å². The maximum atomic E-state index is 5.62. The Bertz CT molecular complexity index is 616. The van der Waals surface area contributed by atoms with Gasteiger partial charge in [0.25, 0.3) is 0 Å². The van der Waals surface area contributed by atoms with Gasteiger partial charge in [-0.05, 0) is 6.07 Å². The molecule has 0 saturated heterocycles. The highest BCUT2D eigenvalue weighted by Gasteiger charge is 2.19. The fraction of sp³-hybridized carbons (Fsp3) is 0.357. The van der Waals surface area contributed by atoms with Crippen LogP contribution < -0.4 is 10.5 Å². The minimum atomic E-state index is 0.353. The third kappa shape index (κ3) is 2.55. The summed E-state index contributed by atoms with van der Waals surface area (Å²) in [5.41, 5.74) is 8.92. The van der Waals surface area contributed by atoms with Gasteiger partial charge in [-0.3, -0.25) is 9.88 Å². The van der Waals surface area contributed by atoms with Crippen LogP contribution in [0.5, 0.6) is 5.75 Å². The number of ether oxygens (including phenoxy) is 1. The van der Waals surface area contributed by atoms with Gasteiger partial charge in [-0.15, -0.1) is 0 Å². The molecule has 104 valence electrons. The fourth-order valence-electron chi connectivity index (χ4n) is 2.50. The molecule has 2 aromatic heterocycles. The molecule has 0 spiro atoms. The summed E-state index contributed by atoms with van der Waals surface area (Å²) in [6.07, 6.45) is 6.31. The Morgan fingerprint density at radius 2 is 2.30 bits per heavy atom. The Morgan fingerprint density at radius 1 is 1.40 bits per heavy atom. The van der Waals surface area contributed by atoms with Gasteiger partial charge in [0.15, 0.2) is 0 Å². The van der Waals surface area contributed by atoms with Gasteiger partial charge in [0.2, 0.25) is 5.95 Å². The van der Waals surface area contributed by atoms with Crippen molar-refractivity contribution < 1.29 is 4.74 Å².